The molecule has 1 heterocycles. The van der Waals surface area contributed by atoms with Crippen LogP contribution in [0, 0.1) is 11.8 Å². The Morgan fingerprint density at radius 3 is 2.65 bits per heavy atom. The minimum Gasteiger partial charge on any atom is -0.349 e. The maximum absolute atomic E-state index is 12.3. The fourth-order valence-corrected chi connectivity index (χ4v) is 3.75. The van der Waals surface area contributed by atoms with E-state index in [1.807, 2.05) is 13.8 Å². The predicted octanol–water partition coefficient (Wildman–Crippen LogP) is 2.91. The van der Waals surface area contributed by atoms with Crippen molar-refractivity contribution in [3.63, 3.8) is 0 Å². The highest BCUT2D eigenvalue weighted by Crippen LogP contribution is 2.43. The maximum Gasteiger partial charge on any atom is 0.254 e. The number of fused-ring (bicyclic) bond motifs is 1. The molecule has 20 heavy (non-hydrogen) atoms. The van der Waals surface area contributed by atoms with Crippen molar-refractivity contribution in [2.24, 2.45) is 11.8 Å². The van der Waals surface area contributed by atoms with Gasteiger partial charge in [0.05, 0.1) is 5.56 Å². The topological polar surface area (TPSA) is 54.9 Å². The summed E-state index contributed by atoms with van der Waals surface area (Å²) in [6.07, 6.45) is 9.66. The average Bonchev–Trinajstić information content (AvgIpc) is 3.04. The molecule has 0 radical (unpaired) electrons. The molecule has 108 valence electrons. The van der Waals surface area contributed by atoms with E-state index >= 15 is 0 Å². The summed E-state index contributed by atoms with van der Waals surface area (Å²) >= 11 is 0. The van der Waals surface area contributed by atoms with Crippen LogP contribution >= 0.6 is 0 Å². The van der Waals surface area contributed by atoms with Crippen molar-refractivity contribution in [1.82, 2.24) is 15.3 Å². The first-order chi connectivity index (χ1) is 9.65. The number of carbonyl (C=O) groups is 1. The second-order valence-electron chi connectivity index (χ2n) is 6.50. The molecule has 2 fully saturated rings. The zero-order valence-electron chi connectivity index (χ0n) is 12.3. The van der Waals surface area contributed by atoms with Crippen LogP contribution in [-0.2, 0) is 0 Å². The van der Waals surface area contributed by atoms with Gasteiger partial charge in [-0.25, -0.2) is 9.97 Å². The third-order valence-electron chi connectivity index (χ3n) is 4.85. The quantitative estimate of drug-likeness (QED) is 0.921. The van der Waals surface area contributed by atoms with Crippen molar-refractivity contribution < 1.29 is 4.79 Å². The molecule has 1 aromatic heterocycles. The first-order valence-corrected chi connectivity index (χ1v) is 7.78. The van der Waals surface area contributed by atoms with E-state index in [4.69, 9.17) is 0 Å². The van der Waals surface area contributed by atoms with Crippen molar-refractivity contribution >= 4 is 5.91 Å². The van der Waals surface area contributed by atoms with Crippen LogP contribution in [0.1, 0.15) is 68.1 Å². The van der Waals surface area contributed by atoms with Gasteiger partial charge in [0.15, 0.2) is 0 Å². The third-order valence-corrected chi connectivity index (χ3v) is 4.85. The molecule has 0 unspecified atom stereocenters. The molecule has 3 rings (SSSR count). The average molecular weight is 273 g/mol. The van der Waals surface area contributed by atoms with Crippen LogP contribution in [0.4, 0.5) is 0 Å². The molecule has 2 saturated carbocycles. The van der Waals surface area contributed by atoms with Gasteiger partial charge in [0.2, 0.25) is 0 Å². The van der Waals surface area contributed by atoms with Gasteiger partial charge in [-0.2, -0.15) is 0 Å². The van der Waals surface area contributed by atoms with Gasteiger partial charge in [-0.1, -0.05) is 26.7 Å². The Morgan fingerprint density at radius 1 is 1.20 bits per heavy atom. The number of nitrogens with one attached hydrogen (secondary N) is 1. The molecule has 4 heteroatoms. The first kappa shape index (κ1) is 13.5. The number of amides is 1. The van der Waals surface area contributed by atoms with E-state index in [9.17, 15) is 4.79 Å². The largest absolute Gasteiger partial charge is 0.349 e. The minimum absolute atomic E-state index is 0.0159. The maximum atomic E-state index is 12.3. The smallest absolute Gasteiger partial charge is 0.254 e. The molecule has 2 aliphatic rings. The molecular formula is C16H23N3O. The zero-order valence-corrected chi connectivity index (χ0v) is 12.3. The number of hydrogen-bond donors (Lipinski definition) is 1. The molecule has 0 bridgehead atoms. The molecule has 0 saturated heterocycles. The van der Waals surface area contributed by atoms with Crippen molar-refractivity contribution in [2.75, 3.05) is 0 Å². The summed E-state index contributed by atoms with van der Waals surface area (Å²) in [6, 6.07) is 0.361. The van der Waals surface area contributed by atoms with E-state index in [1.165, 1.54) is 25.7 Å². The second kappa shape index (κ2) is 5.51. The lowest BCUT2D eigenvalue weighted by molar-refractivity contribution is 0.0925. The van der Waals surface area contributed by atoms with Gasteiger partial charge in [0.25, 0.3) is 5.91 Å². The van der Waals surface area contributed by atoms with Crippen LogP contribution in [0.5, 0.6) is 0 Å². The molecule has 3 atom stereocenters. The standard InChI is InChI=1S/C16H23N3O/c1-10(2)15-17-8-12(9-18-15)16(20)19-14-7-6-11-4-3-5-13(11)14/h8-11,13-14H,3-7H2,1-2H3,(H,19,20)/t11-,13-,14-/m0/s1. The molecule has 0 spiro atoms. The predicted molar refractivity (Wildman–Crippen MR) is 77.4 cm³/mol. The molecule has 1 N–H and O–H groups in total. The molecule has 0 aliphatic heterocycles. The lowest BCUT2D eigenvalue weighted by Crippen LogP contribution is -2.37. The molecule has 1 aromatic rings. The fourth-order valence-electron chi connectivity index (χ4n) is 3.75. The van der Waals surface area contributed by atoms with Crippen LogP contribution in [0.2, 0.25) is 0 Å². The lowest BCUT2D eigenvalue weighted by atomic mass is 9.97. The summed E-state index contributed by atoms with van der Waals surface area (Å²) in [5, 5.41) is 3.20. The Labute approximate surface area is 120 Å². The molecular weight excluding hydrogens is 250 g/mol. The van der Waals surface area contributed by atoms with E-state index < -0.39 is 0 Å². The van der Waals surface area contributed by atoms with Gasteiger partial charge in [-0.3, -0.25) is 4.79 Å². The van der Waals surface area contributed by atoms with Gasteiger partial charge < -0.3 is 5.32 Å². The number of carbonyl (C=O) groups excluding carboxylic acids is 1. The van der Waals surface area contributed by atoms with Crippen molar-refractivity contribution in [2.45, 2.75) is 57.9 Å². The molecule has 2 aliphatic carbocycles. The van der Waals surface area contributed by atoms with Crippen LogP contribution in [0.15, 0.2) is 12.4 Å². The monoisotopic (exact) mass is 273 g/mol. The highest BCUT2D eigenvalue weighted by molar-refractivity contribution is 5.93. The Hall–Kier alpha value is -1.45. The van der Waals surface area contributed by atoms with E-state index in [0.29, 0.717) is 23.4 Å². The SMILES string of the molecule is CC(C)c1ncc(C(=O)N[C@H]2CC[C@@H]3CCC[C@@H]32)cn1. The Morgan fingerprint density at radius 2 is 1.95 bits per heavy atom. The van der Waals surface area contributed by atoms with Crippen molar-refractivity contribution in [3.8, 4) is 0 Å². The van der Waals surface area contributed by atoms with Gasteiger partial charge in [-0.15, -0.1) is 0 Å². The summed E-state index contributed by atoms with van der Waals surface area (Å²) in [4.78, 5) is 20.8. The number of hydrogen-bond acceptors (Lipinski definition) is 3. The van der Waals surface area contributed by atoms with Gasteiger partial charge in [0.1, 0.15) is 5.82 Å². The minimum atomic E-state index is -0.0159. The number of nitrogens with zero attached hydrogens (tertiary/aromatic N) is 2. The first-order valence-electron chi connectivity index (χ1n) is 7.78. The van der Waals surface area contributed by atoms with Crippen LogP contribution in [0.25, 0.3) is 0 Å². The van der Waals surface area contributed by atoms with E-state index in [2.05, 4.69) is 15.3 Å². The fraction of sp³-hybridized carbons (Fsp3) is 0.688. The van der Waals surface area contributed by atoms with Crippen molar-refractivity contribution in [1.29, 1.82) is 0 Å². The normalized spacial score (nSPS) is 28.6. The second-order valence-corrected chi connectivity index (χ2v) is 6.50. The summed E-state index contributed by atoms with van der Waals surface area (Å²) in [7, 11) is 0. The lowest BCUT2D eigenvalue weighted by Gasteiger charge is -2.20. The summed E-state index contributed by atoms with van der Waals surface area (Å²) in [5.74, 6) is 2.62. The van der Waals surface area contributed by atoms with Crippen LogP contribution < -0.4 is 5.32 Å². The third kappa shape index (κ3) is 2.56. The molecule has 4 nitrogen and oxygen atoms in total. The van der Waals surface area contributed by atoms with E-state index in [0.717, 1.165) is 18.2 Å². The van der Waals surface area contributed by atoms with E-state index in [1.54, 1.807) is 12.4 Å². The van der Waals surface area contributed by atoms with Crippen molar-refractivity contribution in [3.05, 3.63) is 23.8 Å². The number of aromatic nitrogens is 2. The Kier molecular flexibility index (Phi) is 3.72. The summed E-state index contributed by atoms with van der Waals surface area (Å²) < 4.78 is 0. The summed E-state index contributed by atoms with van der Waals surface area (Å²) in [5.41, 5.74) is 0.579. The van der Waals surface area contributed by atoms with Gasteiger partial charge in [-0.05, 0) is 31.1 Å². The van der Waals surface area contributed by atoms with Crippen LogP contribution in [-0.4, -0.2) is 21.9 Å². The Bertz CT molecular complexity index is 483. The molecule has 1 amide bonds. The highest BCUT2D eigenvalue weighted by atomic mass is 16.1. The van der Waals surface area contributed by atoms with Crippen LogP contribution in [0.3, 0.4) is 0 Å². The molecule has 0 aromatic carbocycles. The Balaban J connectivity index is 1.64. The highest BCUT2D eigenvalue weighted by Gasteiger charge is 2.39. The van der Waals surface area contributed by atoms with E-state index in [-0.39, 0.29) is 5.91 Å². The number of rotatable bonds is 3. The summed E-state index contributed by atoms with van der Waals surface area (Å²) in [6.45, 7) is 4.10. The van der Waals surface area contributed by atoms with Gasteiger partial charge >= 0.3 is 0 Å². The zero-order chi connectivity index (χ0) is 14.1. The van der Waals surface area contributed by atoms with Gasteiger partial charge in [0, 0.05) is 24.4 Å².